The molecule has 4 rings (SSSR count). The van der Waals surface area contributed by atoms with Crippen LogP contribution in [0.25, 0.3) is 5.69 Å². The van der Waals surface area contributed by atoms with Crippen LogP contribution in [0.1, 0.15) is 54.9 Å². The quantitative estimate of drug-likeness (QED) is 0.495. The molecular formula is C21H14ClNO3. The predicted molar refractivity (Wildman–Crippen MR) is 98.8 cm³/mol. The van der Waals surface area contributed by atoms with E-state index in [-0.39, 0.29) is 34.2 Å². The van der Waals surface area contributed by atoms with Crippen LogP contribution in [0.15, 0.2) is 48.5 Å². The van der Waals surface area contributed by atoms with Gasteiger partial charge in [-0.1, -0.05) is 41.9 Å². The highest BCUT2D eigenvalue weighted by Gasteiger charge is 2.38. The van der Waals surface area contributed by atoms with Gasteiger partial charge in [0.1, 0.15) is 5.69 Å². The van der Waals surface area contributed by atoms with E-state index in [9.17, 15) is 14.4 Å². The summed E-state index contributed by atoms with van der Waals surface area (Å²) in [6.45, 7) is 3.14. The maximum atomic E-state index is 13.2. The largest absolute Gasteiger partial charge is 0.309 e. The van der Waals surface area contributed by atoms with Crippen molar-refractivity contribution in [3.05, 3.63) is 87.2 Å². The summed E-state index contributed by atoms with van der Waals surface area (Å²) in [5.41, 5.74) is 2.56. The lowest BCUT2D eigenvalue weighted by molar-refractivity contribution is 0.0967. The number of halogens is 1. The minimum atomic E-state index is -0.302. The molecule has 26 heavy (non-hydrogen) atoms. The zero-order valence-corrected chi connectivity index (χ0v) is 14.9. The number of rotatable bonds is 2. The van der Waals surface area contributed by atoms with Crippen LogP contribution < -0.4 is 0 Å². The van der Waals surface area contributed by atoms with Gasteiger partial charge in [0, 0.05) is 27.5 Å². The van der Waals surface area contributed by atoms with Crippen molar-refractivity contribution in [2.24, 2.45) is 0 Å². The molecule has 3 aromatic rings. The Bertz CT molecular complexity index is 1120. The molecule has 1 aromatic heterocycles. The first-order valence-corrected chi connectivity index (χ1v) is 8.50. The first kappa shape index (κ1) is 16.5. The van der Waals surface area contributed by atoms with E-state index < -0.39 is 0 Å². The molecule has 128 valence electrons. The summed E-state index contributed by atoms with van der Waals surface area (Å²) in [6, 6.07) is 13.7. The molecule has 0 unspecified atom stereocenters. The zero-order chi connectivity index (χ0) is 18.6. The van der Waals surface area contributed by atoms with Crippen molar-refractivity contribution in [1.29, 1.82) is 0 Å². The number of aromatic nitrogens is 1. The first-order valence-electron chi connectivity index (χ1n) is 8.12. The number of fused-ring (bicyclic) bond motifs is 2. The van der Waals surface area contributed by atoms with Crippen LogP contribution in [0.4, 0.5) is 0 Å². The molecule has 0 atom stereocenters. The van der Waals surface area contributed by atoms with Gasteiger partial charge in [0.25, 0.3) is 0 Å². The van der Waals surface area contributed by atoms with Gasteiger partial charge in [0.15, 0.2) is 11.6 Å². The van der Waals surface area contributed by atoms with Crippen LogP contribution in [0.5, 0.6) is 0 Å². The minimum Gasteiger partial charge on any atom is -0.309 e. The van der Waals surface area contributed by atoms with Crippen LogP contribution in [0.2, 0.25) is 5.02 Å². The lowest BCUT2D eigenvalue weighted by atomic mass is 9.85. The second kappa shape index (κ2) is 5.78. The maximum Gasteiger partial charge on any atom is 0.211 e. The van der Waals surface area contributed by atoms with E-state index in [2.05, 4.69) is 0 Å². The summed E-state index contributed by atoms with van der Waals surface area (Å²) in [4.78, 5) is 38.6. The number of Topliss-reactive ketones (excluding diaryl/α,β-unsaturated/α-hetero) is 1. The van der Waals surface area contributed by atoms with Crippen molar-refractivity contribution in [3.63, 3.8) is 0 Å². The van der Waals surface area contributed by atoms with Gasteiger partial charge in [-0.15, -0.1) is 0 Å². The molecule has 5 heteroatoms. The van der Waals surface area contributed by atoms with Crippen molar-refractivity contribution in [3.8, 4) is 5.69 Å². The Morgan fingerprint density at radius 3 is 2.23 bits per heavy atom. The van der Waals surface area contributed by atoms with Crippen LogP contribution in [0, 0.1) is 6.92 Å². The fourth-order valence-electron chi connectivity index (χ4n) is 3.64. The number of ketones is 3. The van der Waals surface area contributed by atoms with Crippen molar-refractivity contribution >= 4 is 29.0 Å². The van der Waals surface area contributed by atoms with Gasteiger partial charge in [0.2, 0.25) is 5.78 Å². The molecule has 0 N–H and O–H groups in total. The number of hydrogen-bond donors (Lipinski definition) is 0. The van der Waals surface area contributed by atoms with E-state index in [0.29, 0.717) is 27.5 Å². The van der Waals surface area contributed by atoms with Crippen molar-refractivity contribution in [1.82, 2.24) is 4.57 Å². The van der Waals surface area contributed by atoms with Gasteiger partial charge < -0.3 is 4.57 Å². The van der Waals surface area contributed by atoms with Gasteiger partial charge in [0.05, 0.1) is 11.1 Å². The van der Waals surface area contributed by atoms with Crippen LogP contribution in [-0.4, -0.2) is 21.9 Å². The van der Waals surface area contributed by atoms with E-state index >= 15 is 0 Å². The summed E-state index contributed by atoms with van der Waals surface area (Å²) >= 11 is 6.11. The second-order valence-electron chi connectivity index (χ2n) is 6.26. The van der Waals surface area contributed by atoms with Crippen LogP contribution >= 0.6 is 11.6 Å². The van der Waals surface area contributed by atoms with Gasteiger partial charge >= 0.3 is 0 Å². The van der Waals surface area contributed by atoms with E-state index in [1.807, 2.05) is 0 Å². The summed E-state index contributed by atoms with van der Waals surface area (Å²) in [5, 5.41) is 0.503. The highest BCUT2D eigenvalue weighted by Crippen LogP contribution is 2.35. The lowest BCUT2D eigenvalue weighted by Gasteiger charge is -2.18. The first-order chi connectivity index (χ1) is 12.4. The summed E-state index contributed by atoms with van der Waals surface area (Å²) in [6.07, 6.45) is 0. The molecule has 1 aliphatic carbocycles. The lowest BCUT2D eigenvalue weighted by Crippen LogP contribution is -2.23. The van der Waals surface area contributed by atoms with E-state index in [1.165, 1.54) is 6.92 Å². The third-order valence-electron chi connectivity index (χ3n) is 4.68. The Morgan fingerprint density at radius 2 is 1.62 bits per heavy atom. The molecule has 0 amide bonds. The van der Waals surface area contributed by atoms with Crippen LogP contribution in [-0.2, 0) is 0 Å². The summed E-state index contributed by atoms with van der Waals surface area (Å²) < 4.78 is 1.66. The Labute approximate surface area is 155 Å². The van der Waals surface area contributed by atoms with Gasteiger partial charge in [-0.3, -0.25) is 14.4 Å². The third-order valence-corrected chi connectivity index (χ3v) is 4.92. The molecule has 0 fully saturated rings. The highest BCUT2D eigenvalue weighted by atomic mass is 35.5. The smallest absolute Gasteiger partial charge is 0.211 e. The normalized spacial score (nSPS) is 12.7. The molecule has 1 heterocycles. The summed E-state index contributed by atoms with van der Waals surface area (Å²) in [5.74, 6) is -0.824. The molecule has 0 saturated heterocycles. The number of hydrogen-bond acceptors (Lipinski definition) is 3. The van der Waals surface area contributed by atoms with Gasteiger partial charge in [-0.2, -0.15) is 0 Å². The Morgan fingerprint density at radius 1 is 0.962 bits per heavy atom. The maximum absolute atomic E-state index is 13.2. The van der Waals surface area contributed by atoms with E-state index in [0.717, 1.165) is 0 Å². The molecule has 1 aliphatic rings. The highest BCUT2D eigenvalue weighted by molar-refractivity contribution is 6.31. The molecule has 2 aromatic carbocycles. The molecule has 0 radical (unpaired) electrons. The molecule has 0 saturated carbocycles. The molecule has 0 spiro atoms. The predicted octanol–water partition coefficient (Wildman–Crippen LogP) is 4.42. The molecular weight excluding hydrogens is 350 g/mol. The van der Waals surface area contributed by atoms with E-state index in [1.54, 1.807) is 60.0 Å². The number of benzene rings is 2. The SMILES string of the molecule is CC(=O)c1c2c(n(-c3cccc(Cl)c3)c1C)C(=O)c1ccccc1C2=O. The van der Waals surface area contributed by atoms with Gasteiger partial charge in [-0.05, 0) is 32.0 Å². The molecule has 4 nitrogen and oxygen atoms in total. The molecule has 0 bridgehead atoms. The van der Waals surface area contributed by atoms with E-state index in [4.69, 9.17) is 11.6 Å². The summed E-state index contributed by atoms with van der Waals surface area (Å²) in [7, 11) is 0. The fraction of sp³-hybridized carbons (Fsp3) is 0.0952. The zero-order valence-electron chi connectivity index (χ0n) is 14.2. The average Bonchev–Trinajstić information content (AvgIpc) is 2.93. The second-order valence-corrected chi connectivity index (χ2v) is 6.70. The number of nitrogens with zero attached hydrogens (tertiary/aromatic N) is 1. The Balaban J connectivity index is 2.13. The standard InChI is InChI=1S/C21H14ClNO3/c1-11-17(12(2)24)18-19(23(11)14-7-5-6-13(22)10-14)21(26)16-9-4-3-8-15(16)20(18)25/h3-10H,1-2H3. The Kier molecular flexibility index (Phi) is 3.67. The van der Waals surface area contributed by atoms with Crippen molar-refractivity contribution < 1.29 is 14.4 Å². The molecule has 0 aliphatic heterocycles. The fourth-order valence-corrected chi connectivity index (χ4v) is 3.82. The number of carbonyl (C=O) groups is 3. The van der Waals surface area contributed by atoms with Crippen molar-refractivity contribution in [2.75, 3.05) is 0 Å². The third kappa shape index (κ3) is 2.19. The average molecular weight is 364 g/mol. The topological polar surface area (TPSA) is 56.1 Å². The Hall–Kier alpha value is -2.98. The number of carbonyl (C=O) groups excluding carboxylic acids is 3. The van der Waals surface area contributed by atoms with Crippen LogP contribution in [0.3, 0.4) is 0 Å². The minimum absolute atomic E-state index is 0.179. The van der Waals surface area contributed by atoms with Crippen molar-refractivity contribution in [2.45, 2.75) is 13.8 Å². The monoisotopic (exact) mass is 363 g/mol. The van der Waals surface area contributed by atoms with Gasteiger partial charge in [-0.25, -0.2) is 0 Å².